The SMILES string of the molecule is CNC(CC(C)C)C(=O)N1CCC(N(CC2CCCO2)S(=O)(=O)c2cccc(C(F)(F)F)c2)CC1. The molecule has 2 unspecified atom stereocenters. The second kappa shape index (κ2) is 11.6. The minimum atomic E-state index is -4.64. The minimum Gasteiger partial charge on any atom is -0.377 e. The topological polar surface area (TPSA) is 79.0 Å². The normalized spacial score (nSPS) is 21.1. The number of rotatable bonds is 9. The summed E-state index contributed by atoms with van der Waals surface area (Å²) < 4.78 is 74.0. The Bertz CT molecular complexity index is 957. The maximum atomic E-state index is 13.6. The number of halogens is 3. The first-order valence-electron chi connectivity index (χ1n) is 12.2. The summed E-state index contributed by atoms with van der Waals surface area (Å²) in [7, 11) is -2.46. The molecule has 2 fully saturated rings. The van der Waals surface area contributed by atoms with Gasteiger partial charge in [0.05, 0.1) is 22.6 Å². The molecule has 2 aliphatic heterocycles. The molecule has 7 nitrogen and oxygen atoms in total. The molecule has 3 rings (SSSR count). The van der Waals surface area contributed by atoms with Crippen LogP contribution in [0.3, 0.4) is 0 Å². The van der Waals surface area contributed by atoms with Crippen LogP contribution in [0.1, 0.15) is 51.5 Å². The fraction of sp³-hybridized carbons (Fsp3) is 0.708. The van der Waals surface area contributed by atoms with E-state index in [0.29, 0.717) is 57.4 Å². The van der Waals surface area contributed by atoms with Crippen LogP contribution in [-0.4, -0.2) is 75.0 Å². The average Bonchev–Trinajstić information content (AvgIpc) is 3.33. The molecule has 11 heteroatoms. The van der Waals surface area contributed by atoms with Gasteiger partial charge in [-0.15, -0.1) is 0 Å². The summed E-state index contributed by atoms with van der Waals surface area (Å²) in [4.78, 5) is 14.3. The van der Waals surface area contributed by atoms with Gasteiger partial charge in [0.25, 0.3) is 0 Å². The highest BCUT2D eigenvalue weighted by Crippen LogP contribution is 2.33. The molecule has 0 spiro atoms. The van der Waals surface area contributed by atoms with Gasteiger partial charge in [-0.2, -0.15) is 17.5 Å². The number of piperidine rings is 1. The zero-order chi connectivity index (χ0) is 25.8. The Morgan fingerprint density at radius 2 is 1.91 bits per heavy atom. The van der Waals surface area contributed by atoms with Crippen molar-refractivity contribution >= 4 is 15.9 Å². The Hall–Kier alpha value is -1.69. The van der Waals surface area contributed by atoms with Gasteiger partial charge in [0.15, 0.2) is 0 Å². The number of carbonyl (C=O) groups is 1. The van der Waals surface area contributed by atoms with E-state index in [-0.39, 0.29) is 29.5 Å². The van der Waals surface area contributed by atoms with Crippen LogP contribution in [-0.2, 0) is 25.7 Å². The summed E-state index contributed by atoms with van der Waals surface area (Å²) in [6.07, 6.45) is -1.90. The monoisotopic (exact) mass is 519 g/mol. The Balaban J connectivity index is 1.80. The molecule has 0 aliphatic carbocycles. The highest BCUT2D eigenvalue weighted by molar-refractivity contribution is 7.89. The number of sulfonamides is 1. The van der Waals surface area contributed by atoms with Gasteiger partial charge >= 0.3 is 6.18 Å². The Morgan fingerprint density at radius 1 is 1.23 bits per heavy atom. The fourth-order valence-electron chi connectivity index (χ4n) is 4.81. The Kier molecular flexibility index (Phi) is 9.22. The maximum Gasteiger partial charge on any atom is 0.416 e. The second-order valence-electron chi connectivity index (χ2n) is 9.76. The number of likely N-dealkylation sites (tertiary alicyclic amines) is 1. The van der Waals surface area contributed by atoms with Crippen LogP contribution in [0.5, 0.6) is 0 Å². The van der Waals surface area contributed by atoms with E-state index in [0.717, 1.165) is 18.6 Å². The van der Waals surface area contributed by atoms with E-state index in [1.165, 1.54) is 10.4 Å². The number of alkyl halides is 3. The molecule has 1 amide bonds. The molecule has 35 heavy (non-hydrogen) atoms. The van der Waals surface area contributed by atoms with Crippen molar-refractivity contribution in [2.75, 3.05) is 33.3 Å². The predicted octanol–water partition coefficient (Wildman–Crippen LogP) is 3.50. The van der Waals surface area contributed by atoms with Crippen molar-refractivity contribution in [2.45, 2.75) is 75.2 Å². The molecule has 0 aromatic heterocycles. The van der Waals surface area contributed by atoms with Crippen LogP contribution in [0.25, 0.3) is 0 Å². The molecule has 198 valence electrons. The van der Waals surface area contributed by atoms with Crippen molar-refractivity contribution in [1.29, 1.82) is 0 Å². The van der Waals surface area contributed by atoms with E-state index in [1.807, 2.05) is 13.8 Å². The summed E-state index contributed by atoms with van der Waals surface area (Å²) in [6.45, 7) is 5.50. The number of benzene rings is 1. The second-order valence-corrected chi connectivity index (χ2v) is 11.7. The lowest BCUT2D eigenvalue weighted by Crippen LogP contribution is -2.53. The summed E-state index contributed by atoms with van der Waals surface area (Å²) >= 11 is 0. The maximum absolute atomic E-state index is 13.6. The largest absolute Gasteiger partial charge is 0.416 e. The lowest BCUT2D eigenvalue weighted by molar-refractivity contribution is -0.137. The third-order valence-electron chi connectivity index (χ3n) is 6.71. The predicted molar refractivity (Wildman–Crippen MR) is 126 cm³/mol. The van der Waals surface area contributed by atoms with Crippen molar-refractivity contribution in [3.63, 3.8) is 0 Å². The first-order valence-corrected chi connectivity index (χ1v) is 13.6. The summed E-state index contributed by atoms with van der Waals surface area (Å²) in [6, 6.07) is 3.15. The first kappa shape index (κ1) is 27.9. The molecule has 0 bridgehead atoms. The summed E-state index contributed by atoms with van der Waals surface area (Å²) in [5.74, 6) is 0.333. The highest BCUT2D eigenvalue weighted by Gasteiger charge is 2.39. The summed E-state index contributed by atoms with van der Waals surface area (Å²) in [5, 5.41) is 3.07. The van der Waals surface area contributed by atoms with Gasteiger partial charge in [-0.05, 0) is 63.3 Å². The number of carbonyl (C=O) groups excluding carboxylic acids is 1. The van der Waals surface area contributed by atoms with E-state index in [2.05, 4.69) is 5.32 Å². The van der Waals surface area contributed by atoms with Crippen LogP contribution in [0, 0.1) is 5.92 Å². The molecule has 1 N–H and O–H groups in total. The number of nitrogens with one attached hydrogen (secondary N) is 1. The smallest absolute Gasteiger partial charge is 0.377 e. The van der Waals surface area contributed by atoms with Gasteiger partial charge in [0, 0.05) is 32.3 Å². The third-order valence-corrected chi connectivity index (χ3v) is 8.63. The number of ether oxygens (including phenoxy) is 1. The molecule has 2 atom stereocenters. The van der Waals surface area contributed by atoms with E-state index in [4.69, 9.17) is 4.74 Å². The number of likely N-dealkylation sites (N-methyl/N-ethyl adjacent to an activating group) is 1. The molecule has 1 aromatic carbocycles. The average molecular weight is 520 g/mol. The molecule has 2 aliphatic rings. The molecular weight excluding hydrogens is 483 g/mol. The van der Waals surface area contributed by atoms with Gasteiger partial charge < -0.3 is 15.0 Å². The van der Waals surface area contributed by atoms with Crippen LogP contribution in [0.2, 0.25) is 0 Å². The zero-order valence-corrected chi connectivity index (χ0v) is 21.4. The lowest BCUT2D eigenvalue weighted by atomic mass is 10.00. The van der Waals surface area contributed by atoms with Crippen LogP contribution in [0.15, 0.2) is 29.2 Å². The van der Waals surface area contributed by atoms with Gasteiger partial charge in [-0.1, -0.05) is 19.9 Å². The van der Waals surface area contributed by atoms with Gasteiger partial charge in [0.1, 0.15) is 0 Å². The third kappa shape index (κ3) is 6.96. The Labute approximate surface area is 206 Å². The summed E-state index contributed by atoms with van der Waals surface area (Å²) in [5.41, 5.74) is -1.00. The van der Waals surface area contributed by atoms with Gasteiger partial charge in [-0.25, -0.2) is 8.42 Å². The van der Waals surface area contributed by atoms with E-state index in [9.17, 15) is 26.4 Å². The number of amides is 1. The number of nitrogens with zero attached hydrogens (tertiary/aromatic N) is 2. The quantitative estimate of drug-likeness (QED) is 0.540. The van der Waals surface area contributed by atoms with E-state index >= 15 is 0 Å². The van der Waals surface area contributed by atoms with E-state index < -0.39 is 27.8 Å². The minimum absolute atomic E-state index is 0.00828. The molecule has 2 heterocycles. The van der Waals surface area contributed by atoms with Crippen LogP contribution >= 0.6 is 0 Å². The Morgan fingerprint density at radius 3 is 2.46 bits per heavy atom. The van der Waals surface area contributed by atoms with Crippen molar-refractivity contribution in [2.24, 2.45) is 5.92 Å². The van der Waals surface area contributed by atoms with Crippen molar-refractivity contribution in [3.05, 3.63) is 29.8 Å². The van der Waals surface area contributed by atoms with Gasteiger partial charge in [0.2, 0.25) is 15.9 Å². The molecular formula is C24H36F3N3O4S. The molecule has 1 aromatic rings. The first-order chi connectivity index (χ1) is 16.4. The van der Waals surface area contributed by atoms with E-state index in [1.54, 1.807) is 11.9 Å². The lowest BCUT2D eigenvalue weighted by Gasteiger charge is -2.39. The molecule has 2 saturated heterocycles. The van der Waals surface area contributed by atoms with Crippen LogP contribution < -0.4 is 5.32 Å². The van der Waals surface area contributed by atoms with Crippen molar-refractivity contribution in [1.82, 2.24) is 14.5 Å². The fourth-order valence-corrected chi connectivity index (χ4v) is 6.57. The van der Waals surface area contributed by atoms with Gasteiger partial charge in [-0.3, -0.25) is 4.79 Å². The highest BCUT2D eigenvalue weighted by atomic mass is 32.2. The molecule has 0 radical (unpaired) electrons. The van der Waals surface area contributed by atoms with Crippen molar-refractivity contribution in [3.8, 4) is 0 Å². The molecule has 0 saturated carbocycles. The number of hydrogen-bond acceptors (Lipinski definition) is 5. The van der Waals surface area contributed by atoms with Crippen LogP contribution in [0.4, 0.5) is 13.2 Å². The number of hydrogen-bond donors (Lipinski definition) is 1. The zero-order valence-electron chi connectivity index (χ0n) is 20.6. The standard InChI is InChI=1S/C24H36F3N3O4S/c1-17(2)14-22(28-3)23(31)29-11-9-19(10-12-29)30(16-20-7-5-13-34-20)35(32,33)21-8-4-6-18(15-21)24(25,26)27/h4,6,8,15,17,19-20,22,28H,5,7,9-14,16H2,1-3H3. The van der Waals surface area contributed by atoms with Crippen molar-refractivity contribution < 1.29 is 31.1 Å².